The maximum absolute atomic E-state index is 11.9. The van der Waals surface area contributed by atoms with Crippen molar-refractivity contribution in [2.24, 2.45) is 0 Å². The van der Waals surface area contributed by atoms with E-state index in [-0.39, 0.29) is 12.0 Å². The van der Waals surface area contributed by atoms with Gasteiger partial charge in [0, 0.05) is 18.8 Å². The van der Waals surface area contributed by atoms with E-state index in [0.29, 0.717) is 6.61 Å². The lowest BCUT2D eigenvalue weighted by molar-refractivity contribution is -0.124. The highest BCUT2D eigenvalue weighted by Crippen LogP contribution is 2.18. The Bertz CT molecular complexity index is 387. The molecule has 1 aliphatic heterocycles. The molecule has 2 rings (SSSR count). The predicted octanol–water partition coefficient (Wildman–Crippen LogP) is 1.52. The number of para-hydroxylation sites is 1. The predicted molar refractivity (Wildman–Crippen MR) is 66.8 cm³/mol. The third-order valence-electron chi connectivity index (χ3n) is 2.86. The second kappa shape index (κ2) is 5.80. The minimum Gasteiger partial charge on any atom is -0.368 e. The molecule has 2 N–H and O–H groups in total. The molecule has 0 unspecified atom stereocenters. The van der Waals surface area contributed by atoms with E-state index in [2.05, 4.69) is 10.6 Å². The maximum Gasteiger partial charge on any atom is 0.253 e. The summed E-state index contributed by atoms with van der Waals surface area (Å²) < 4.78 is 5.36. The standard InChI is InChI=1S/C13H18N2O2/c1-14-9-10-5-2-3-6-11(10)15-13(16)12-7-4-8-17-12/h2-3,5-6,12,14H,4,7-9H2,1H3,(H,15,16)/t12-/m0/s1. The van der Waals surface area contributed by atoms with Gasteiger partial charge in [0.05, 0.1) is 0 Å². The summed E-state index contributed by atoms with van der Waals surface area (Å²) in [6.45, 7) is 1.43. The third kappa shape index (κ3) is 3.05. The topological polar surface area (TPSA) is 50.4 Å². The van der Waals surface area contributed by atoms with Crippen LogP contribution in [0.25, 0.3) is 0 Å². The van der Waals surface area contributed by atoms with Gasteiger partial charge in [0.15, 0.2) is 0 Å². The Morgan fingerprint density at radius 1 is 1.47 bits per heavy atom. The Hall–Kier alpha value is -1.39. The summed E-state index contributed by atoms with van der Waals surface area (Å²) in [5, 5.41) is 6.02. The summed E-state index contributed by atoms with van der Waals surface area (Å²) >= 11 is 0. The molecule has 0 bridgehead atoms. The van der Waals surface area contributed by atoms with E-state index in [9.17, 15) is 4.79 Å². The van der Waals surface area contributed by atoms with Crippen LogP contribution in [0.5, 0.6) is 0 Å². The molecule has 92 valence electrons. The van der Waals surface area contributed by atoms with Crippen molar-refractivity contribution < 1.29 is 9.53 Å². The van der Waals surface area contributed by atoms with Crippen LogP contribution in [0.4, 0.5) is 5.69 Å². The van der Waals surface area contributed by atoms with E-state index >= 15 is 0 Å². The van der Waals surface area contributed by atoms with Crippen LogP contribution in [-0.4, -0.2) is 25.7 Å². The molecule has 1 aliphatic rings. The summed E-state index contributed by atoms with van der Waals surface area (Å²) in [5.41, 5.74) is 1.95. The normalized spacial score (nSPS) is 19.2. The Balaban J connectivity index is 2.04. The molecule has 1 fully saturated rings. The van der Waals surface area contributed by atoms with Crippen molar-refractivity contribution in [1.82, 2.24) is 5.32 Å². The van der Waals surface area contributed by atoms with E-state index in [1.807, 2.05) is 31.3 Å². The fourth-order valence-electron chi connectivity index (χ4n) is 1.98. The quantitative estimate of drug-likeness (QED) is 0.830. The first-order valence-corrected chi connectivity index (χ1v) is 5.96. The highest BCUT2D eigenvalue weighted by Gasteiger charge is 2.23. The minimum atomic E-state index is -0.280. The summed E-state index contributed by atoms with van der Waals surface area (Å²) in [6.07, 6.45) is 1.51. The van der Waals surface area contributed by atoms with Gasteiger partial charge in [-0.2, -0.15) is 0 Å². The number of nitrogens with one attached hydrogen (secondary N) is 2. The minimum absolute atomic E-state index is 0.0361. The van der Waals surface area contributed by atoms with Crippen molar-refractivity contribution in [3.8, 4) is 0 Å². The number of carbonyl (C=O) groups excluding carboxylic acids is 1. The molecule has 0 spiro atoms. The van der Waals surface area contributed by atoms with Gasteiger partial charge in [-0.05, 0) is 31.5 Å². The van der Waals surface area contributed by atoms with Crippen molar-refractivity contribution in [1.29, 1.82) is 0 Å². The molecule has 4 heteroatoms. The summed E-state index contributed by atoms with van der Waals surface area (Å²) in [6, 6.07) is 7.81. The van der Waals surface area contributed by atoms with E-state index in [1.54, 1.807) is 0 Å². The Kier molecular flexibility index (Phi) is 4.12. The number of ether oxygens (including phenoxy) is 1. The third-order valence-corrected chi connectivity index (χ3v) is 2.86. The van der Waals surface area contributed by atoms with Gasteiger partial charge < -0.3 is 15.4 Å². The molecule has 1 aromatic rings. The van der Waals surface area contributed by atoms with Crippen LogP contribution < -0.4 is 10.6 Å². The van der Waals surface area contributed by atoms with Gasteiger partial charge in [-0.3, -0.25) is 4.79 Å². The molecule has 1 heterocycles. The van der Waals surface area contributed by atoms with Crippen LogP contribution in [0.2, 0.25) is 0 Å². The zero-order chi connectivity index (χ0) is 12.1. The molecule has 1 atom stereocenters. The molecule has 0 saturated carbocycles. The van der Waals surface area contributed by atoms with Crippen LogP contribution in [0.3, 0.4) is 0 Å². The van der Waals surface area contributed by atoms with Crippen LogP contribution in [0, 0.1) is 0 Å². The molecule has 0 aliphatic carbocycles. The molecular weight excluding hydrogens is 216 g/mol. The fraction of sp³-hybridized carbons (Fsp3) is 0.462. The van der Waals surface area contributed by atoms with Gasteiger partial charge in [0.1, 0.15) is 6.10 Å². The number of rotatable bonds is 4. The van der Waals surface area contributed by atoms with Crippen molar-refractivity contribution in [2.75, 3.05) is 19.0 Å². The molecule has 1 aromatic carbocycles. The summed E-state index contributed by atoms with van der Waals surface area (Å²) in [4.78, 5) is 11.9. The fourth-order valence-corrected chi connectivity index (χ4v) is 1.98. The van der Waals surface area contributed by atoms with Gasteiger partial charge in [0.2, 0.25) is 0 Å². The largest absolute Gasteiger partial charge is 0.368 e. The molecule has 1 saturated heterocycles. The second-order valence-corrected chi connectivity index (χ2v) is 4.18. The zero-order valence-corrected chi connectivity index (χ0v) is 10.0. The SMILES string of the molecule is CNCc1ccccc1NC(=O)[C@@H]1CCCO1. The first-order valence-electron chi connectivity index (χ1n) is 5.96. The van der Waals surface area contributed by atoms with Crippen LogP contribution in [0.15, 0.2) is 24.3 Å². The first kappa shape index (κ1) is 12.1. The van der Waals surface area contributed by atoms with Gasteiger partial charge in [-0.25, -0.2) is 0 Å². The number of hydrogen-bond donors (Lipinski definition) is 2. The summed E-state index contributed by atoms with van der Waals surface area (Å²) in [7, 11) is 1.89. The molecule has 1 amide bonds. The van der Waals surface area contributed by atoms with Gasteiger partial charge in [-0.15, -0.1) is 0 Å². The Morgan fingerprint density at radius 3 is 3.00 bits per heavy atom. The number of anilines is 1. The number of hydrogen-bond acceptors (Lipinski definition) is 3. The number of benzene rings is 1. The van der Waals surface area contributed by atoms with Gasteiger partial charge in [0.25, 0.3) is 5.91 Å². The van der Waals surface area contributed by atoms with E-state index in [1.165, 1.54) is 0 Å². The average molecular weight is 234 g/mol. The molecule has 17 heavy (non-hydrogen) atoms. The van der Waals surface area contributed by atoms with Crippen molar-refractivity contribution in [3.05, 3.63) is 29.8 Å². The van der Waals surface area contributed by atoms with Gasteiger partial charge in [-0.1, -0.05) is 18.2 Å². The van der Waals surface area contributed by atoms with Crippen LogP contribution in [0.1, 0.15) is 18.4 Å². The van der Waals surface area contributed by atoms with Crippen LogP contribution >= 0.6 is 0 Å². The smallest absolute Gasteiger partial charge is 0.253 e. The van der Waals surface area contributed by atoms with Gasteiger partial charge >= 0.3 is 0 Å². The van der Waals surface area contributed by atoms with Crippen LogP contribution in [-0.2, 0) is 16.1 Å². The molecule has 0 aromatic heterocycles. The van der Waals surface area contributed by atoms with E-state index in [0.717, 1.165) is 30.6 Å². The van der Waals surface area contributed by atoms with Crippen molar-refractivity contribution in [3.63, 3.8) is 0 Å². The lowest BCUT2D eigenvalue weighted by atomic mass is 10.1. The number of amides is 1. The van der Waals surface area contributed by atoms with Crippen molar-refractivity contribution >= 4 is 11.6 Å². The highest BCUT2D eigenvalue weighted by atomic mass is 16.5. The van der Waals surface area contributed by atoms with E-state index in [4.69, 9.17) is 4.74 Å². The van der Waals surface area contributed by atoms with E-state index < -0.39 is 0 Å². The van der Waals surface area contributed by atoms with Crippen molar-refractivity contribution in [2.45, 2.75) is 25.5 Å². The number of carbonyl (C=O) groups is 1. The zero-order valence-electron chi connectivity index (χ0n) is 10.0. The Labute approximate surface area is 101 Å². The second-order valence-electron chi connectivity index (χ2n) is 4.18. The monoisotopic (exact) mass is 234 g/mol. The first-order chi connectivity index (χ1) is 8.31. The highest BCUT2D eigenvalue weighted by molar-refractivity contribution is 5.94. The molecule has 0 radical (unpaired) electrons. The average Bonchev–Trinajstić information content (AvgIpc) is 2.85. The lowest BCUT2D eigenvalue weighted by Gasteiger charge is -2.13. The summed E-state index contributed by atoms with van der Waals surface area (Å²) in [5.74, 6) is -0.0361. The molecule has 4 nitrogen and oxygen atoms in total. The maximum atomic E-state index is 11.9. The molecular formula is C13H18N2O2. The lowest BCUT2D eigenvalue weighted by Crippen LogP contribution is -2.27. The Morgan fingerprint density at radius 2 is 2.29 bits per heavy atom.